The summed E-state index contributed by atoms with van der Waals surface area (Å²) in [7, 11) is 0. The third kappa shape index (κ3) is 9.43. The highest BCUT2D eigenvalue weighted by Gasteiger charge is 2.37. The van der Waals surface area contributed by atoms with E-state index < -0.39 is 28.9 Å². The standard InChI is InChI=1S/C18H34N2O5/c1-8-9-10-13(11-20(24)12-21)15(22)19-14(17(2,3)4)16(23)25-18(5,6)7/h12-14,24H,8-11H2,1-7H3,(H,19,22). The van der Waals surface area contributed by atoms with Gasteiger partial charge in [-0.25, -0.2) is 9.86 Å². The fraction of sp³-hybridized carbons (Fsp3) is 0.833. The van der Waals surface area contributed by atoms with Gasteiger partial charge in [0.1, 0.15) is 11.6 Å². The Morgan fingerprint density at radius 1 is 1.20 bits per heavy atom. The highest BCUT2D eigenvalue weighted by Crippen LogP contribution is 2.23. The van der Waals surface area contributed by atoms with Gasteiger partial charge in [-0.05, 0) is 32.6 Å². The fourth-order valence-corrected chi connectivity index (χ4v) is 2.27. The Kier molecular flexibility index (Phi) is 9.11. The molecule has 0 aromatic carbocycles. The van der Waals surface area contributed by atoms with Gasteiger partial charge in [0.2, 0.25) is 12.3 Å². The van der Waals surface area contributed by atoms with E-state index >= 15 is 0 Å². The number of unbranched alkanes of at least 4 members (excludes halogenated alkanes) is 1. The zero-order chi connectivity index (χ0) is 19.8. The molecule has 0 saturated heterocycles. The third-order valence-corrected chi connectivity index (χ3v) is 3.60. The van der Waals surface area contributed by atoms with Gasteiger partial charge in [0.15, 0.2) is 0 Å². The summed E-state index contributed by atoms with van der Waals surface area (Å²) in [5.74, 6) is -1.47. The van der Waals surface area contributed by atoms with Crippen molar-refractivity contribution in [1.82, 2.24) is 10.4 Å². The number of ether oxygens (including phenoxy) is 1. The quantitative estimate of drug-likeness (QED) is 0.286. The molecule has 2 unspecified atom stereocenters. The summed E-state index contributed by atoms with van der Waals surface area (Å²) >= 11 is 0. The Hall–Kier alpha value is -1.63. The normalized spacial score (nSPS) is 14.4. The zero-order valence-electron chi connectivity index (χ0n) is 16.6. The van der Waals surface area contributed by atoms with Crippen LogP contribution in [0.2, 0.25) is 0 Å². The molecule has 146 valence electrons. The Bertz CT molecular complexity index is 451. The lowest BCUT2D eigenvalue weighted by molar-refractivity contribution is -0.163. The SMILES string of the molecule is CCCCC(CN(O)C=O)C(=O)NC(C(=O)OC(C)(C)C)C(C)(C)C. The summed E-state index contributed by atoms with van der Waals surface area (Å²) in [6, 6.07) is -0.827. The molecule has 0 bridgehead atoms. The fourth-order valence-electron chi connectivity index (χ4n) is 2.27. The molecule has 0 rings (SSSR count). The van der Waals surface area contributed by atoms with Crippen molar-refractivity contribution in [3.63, 3.8) is 0 Å². The summed E-state index contributed by atoms with van der Waals surface area (Å²) in [4.78, 5) is 35.8. The minimum Gasteiger partial charge on any atom is -0.458 e. The first kappa shape index (κ1) is 23.4. The van der Waals surface area contributed by atoms with E-state index in [9.17, 15) is 19.6 Å². The van der Waals surface area contributed by atoms with Crippen molar-refractivity contribution in [3.8, 4) is 0 Å². The van der Waals surface area contributed by atoms with Crippen LogP contribution in [0.5, 0.6) is 0 Å². The molecule has 0 aromatic heterocycles. The summed E-state index contributed by atoms with van der Waals surface area (Å²) in [5, 5.41) is 12.6. The van der Waals surface area contributed by atoms with Gasteiger partial charge in [0, 0.05) is 0 Å². The van der Waals surface area contributed by atoms with Gasteiger partial charge in [-0.15, -0.1) is 0 Å². The van der Waals surface area contributed by atoms with Gasteiger partial charge < -0.3 is 10.1 Å². The Labute approximate surface area is 151 Å². The summed E-state index contributed by atoms with van der Waals surface area (Å²) in [6.45, 7) is 12.7. The lowest BCUT2D eigenvalue weighted by atomic mass is 9.86. The highest BCUT2D eigenvalue weighted by molar-refractivity contribution is 5.86. The van der Waals surface area contributed by atoms with Crippen LogP contribution in [-0.2, 0) is 19.1 Å². The van der Waals surface area contributed by atoms with Crippen LogP contribution in [0, 0.1) is 11.3 Å². The van der Waals surface area contributed by atoms with E-state index in [1.807, 2.05) is 27.7 Å². The summed E-state index contributed by atoms with van der Waals surface area (Å²) in [5.41, 5.74) is -1.21. The first-order valence-corrected chi connectivity index (χ1v) is 8.75. The predicted octanol–water partition coefficient (Wildman–Crippen LogP) is 2.51. The molecular weight excluding hydrogens is 324 g/mol. The second-order valence-electron chi connectivity index (χ2n) is 8.41. The van der Waals surface area contributed by atoms with E-state index in [1.54, 1.807) is 20.8 Å². The van der Waals surface area contributed by atoms with Crippen LogP contribution in [0.4, 0.5) is 0 Å². The van der Waals surface area contributed by atoms with Crippen LogP contribution < -0.4 is 5.32 Å². The van der Waals surface area contributed by atoms with Crippen LogP contribution in [0.3, 0.4) is 0 Å². The maximum absolute atomic E-state index is 12.7. The van der Waals surface area contributed by atoms with Gasteiger partial charge in [0.05, 0.1) is 12.5 Å². The molecule has 2 amide bonds. The molecule has 25 heavy (non-hydrogen) atoms. The number of rotatable bonds is 9. The topological polar surface area (TPSA) is 95.9 Å². The maximum Gasteiger partial charge on any atom is 0.329 e. The number of carbonyl (C=O) groups is 3. The van der Waals surface area contributed by atoms with Crippen molar-refractivity contribution in [3.05, 3.63) is 0 Å². The van der Waals surface area contributed by atoms with Crippen molar-refractivity contribution in [2.75, 3.05) is 6.54 Å². The van der Waals surface area contributed by atoms with E-state index in [1.165, 1.54) is 0 Å². The van der Waals surface area contributed by atoms with E-state index in [0.717, 1.165) is 12.8 Å². The van der Waals surface area contributed by atoms with Crippen molar-refractivity contribution in [2.24, 2.45) is 11.3 Å². The number of hydrogen-bond donors (Lipinski definition) is 2. The minimum atomic E-state index is -0.827. The number of nitrogens with one attached hydrogen (secondary N) is 1. The molecule has 0 spiro atoms. The molecule has 0 aliphatic rings. The van der Waals surface area contributed by atoms with Crippen LogP contribution in [0.1, 0.15) is 67.7 Å². The average Bonchev–Trinajstić information content (AvgIpc) is 2.45. The first-order valence-electron chi connectivity index (χ1n) is 8.75. The molecule has 2 atom stereocenters. The number of hydroxylamine groups is 2. The zero-order valence-corrected chi connectivity index (χ0v) is 16.6. The van der Waals surface area contributed by atoms with Gasteiger partial charge in [0.25, 0.3) is 0 Å². The van der Waals surface area contributed by atoms with Crippen LogP contribution in [0.25, 0.3) is 0 Å². The monoisotopic (exact) mass is 358 g/mol. The van der Waals surface area contributed by atoms with Crippen molar-refractivity contribution >= 4 is 18.3 Å². The molecule has 7 heteroatoms. The van der Waals surface area contributed by atoms with Crippen molar-refractivity contribution in [2.45, 2.75) is 79.4 Å². The van der Waals surface area contributed by atoms with Gasteiger partial charge in [-0.1, -0.05) is 40.5 Å². The van der Waals surface area contributed by atoms with Gasteiger partial charge in [-0.3, -0.25) is 14.8 Å². The Balaban J connectivity index is 5.24. The highest BCUT2D eigenvalue weighted by atomic mass is 16.6. The van der Waals surface area contributed by atoms with E-state index in [4.69, 9.17) is 4.74 Å². The van der Waals surface area contributed by atoms with Gasteiger partial charge >= 0.3 is 5.97 Å². The lowest BCUT2D eigenvalue weighted by Crippen LogP contribution is -2.53. The second kappa shape index (κ2) is 9.75. The van der Waals surface area contributed by atoms with Crippen LogP contribution >= 0.6 is 0 Å². The van der Waals surface area contributed by atoms with Gasteiger partial charge in [-0.2, -0.15) is 0 Å². The first-order chi connectivity index (χ1) is 11.3. The van der Waals surface area contributed by atoms with Crippen molar-refractivity contribution < 1.29 is 24.3 Å². The molecule has 0 saturated carbocycles. The second-order valence-corrected chi connectivity index (χ2v) is 8.41. The Morgan fingerprint density at radius 2 is 1.76 bits per heavy atom. The molecule has 0 fully saturated rings. The Morgan fingerprint density at radius 3 is 2.16 bits per heavy atom. The van der Waals surface area contributed by atoms with E-state index in [0.29, 0.717) is 11.5 Å². The summed E-state index contributed by atoms with van der Waals surface area (Å²) < 4.78 is 5.42. The molecule has 0 aliphatic heterocycles. The largest absolute Gasteiger partial charge is 0.458 e. The van der Waals surface area contributed by atoms with Crippen molar-refractivity contribution in [1.29, 1.82) is 0 Å². The van der Waals surface area contributed by atoms with E-state index in [2.05, 4.69) is 5.32 Å². The third-order valence-electron chi connectivity index (χ3n) is 3.60. The van der Waals surface area contributed by atoms with E-state index in [-0.39, 0.29) is 18.9 Å². The summed E-state index contributed by atoms with van der Waals surface area (Å²) in [6.07, 6.45) is 2.43. The molecule has 0 radical (unpaired) electrons. The number of esters is 1. The smallest absolute Gasteiger partial charge is 0.329 e. The molecule has 7 nitrogen and oxygen atoms in total. The lowest BCUT2D eigenvalue weighted by Gasteiger charge is -2.33. The average molecular weight is 358 g/mol. The molecule has 0 aromatic rings. The molecule has 0 aliphatic carbocycles. The minimum absolute atomic E-state index is 0.111. The number of carbonyl (C=O) groups excluding carboxylic acids is 3. The van der Waals surface area contributed by atoms with Crippen LogP contribution in [0.15, 0.2) is 0 Å². The molecule has 0 heterocycles. The number of hydrogen-bond acceptors (Lipinski definition) is 5. The number of nitrogens with zero attached hydrogens (tertiary/aromatic N) is 1. The number of amides is 2. The molecule has 2 N–H and O–H groups in total. The predicted molar refractivity (Wildman–Crippen MR) is 94.8 cm³/mol. The molecular formula is C18H34N2O5. The maximum atomic E-state index is 12.7. The van der Waals surface area contributed by atoms with Crippen LogP contribution in [-0.4, -0.2) is 46.7 Å².